The van der Waals surface area contributed by atoms with E-state index in [0.29, 0.717) is 31.2 Å². The molecule has 2 unspecified atom stereocenters. The summed E-state index contributed by atoms with van der Waals surface area (Å²) < 4.78 is 18.0. The lowest BCUT2D eigenvalue weighted by Gasteiger charge is -2.62. The number of ether oxygens (including phenoxy) is 3. The number of aliphatic hydroxyl groups excluding tert-OH is 2. The molecule has 1 aromatic rings. The summed E-state index contributed by atoms with van der Waals surface area (Å²) in [6.07, 6.45) is -3.70. The molecule has 2 heterocycles. The van der Waals surface area contributed by atoms with Crippen LogP contribution in [0.4, 0.5) is 0 Å². The number of rotatable bonds is 9. The van der Waals surface area contributed by atoms with Crippen LogP contribution in [0.1, 0.15) is 47.2 Å². The van der Waals surface area contributed by atoms with Gasteiger partial charge < -0.3 is 34.6 Å². The van der Waals surface area contributed by atoms with Crippen LogP contribution in [0.25, 0.3) is 0 Å². The van der Waals surface area contributed by atoms with Crippen molar-refractivity contribution in [2.24, 2.45) is 0 Å². The molecular formula is C26H27NO12. The number of hydrogen-bond acceptors (Lipinski definition) is 11. The Morgan fingerprint density at radius 2 is 1.79 bits per heavy atom. The number of carbonyl (C=O) groups is 5. The van der Waals surface area contributed by atoms with Crippen molar-refractivity contribution in [3.8, 4) is 5.75 Å². The van der Waals surface area contributed by atoms with Gasteiger partial charge in [0.25, 0.3) is 0 Å². The van der Waals surface area contributed by atoms with Crippen molar-refractivity contribution in [2.45, 2.75) is 67.5 Å². The highest BCUT2D eigenvalue weighted by atomic mass is 16.6. The lowest BCUT2D eigenvalue weighted by atomic mass is 9.50. The van der Waals surface area contributed by atoms with Crippen molar-refractivity contribution in [1.82, 2.24) is 4.90 Å². The topological polar surface area (TPSA) is 197 Å². The number of carboxylic acid groups (broad SMARTS) is 2. The first-order valence-corrected chi connectivity index (χ1v) is 12.4. The first kappa shape index (κ1) is 26.8. The van der Waals surface area contributed by atoms with E-state index in [1.807, 2.05) is 11.9 Å². The van der Waals surface area contributed by atoms with Gasteiger partial charge in [-0.2, -0.15) is 0 Å². The van der Waals surface area contributed by atoms with Gasteiger partial charge in [-0.25, -0.2) is 9.59 Å². The third-order valence-corrected chi connectivity index (χ3v) is 8.31. The van der Waals surface area contributed by atoms with Gasteiger partial charge in [-0.1, -0.05) is 6.07 Å². The van der Waals surface area contributed by atoms with Gasteiger partial charge in [0.1, 0.15) is 17.1 Å². The van der Waals surface area contributed by atoms with Gasteiger partial charge >= 0.3 is 23.9 Å². The first-order chi connectivity index (χ1) is 18.4. The number of benzene rings is 1. The largest absolute Gasteiger partial charge is 0.480 e. The zero-order valence-corrected chi connectivity index (χ0v) is 20.9. The molecule has 2 aliphatic carbocycles. The highest BCUT2D eigenvalue weighted by Crippen LogP contribution is 2.65. The summed E-state index contributed by atoms with van der Waals surface area (Å²) in [5.74, 6) is -4.83. The Bertz CT molecular complexity index is 1310. The number of likely N-dealkylation sites (N-methyl/N-ethyl adjacent to an activating group) is 1. The van der Waals surface area contributed by atoms with Crippen molar-refractivity contribution in [3.63, 3.8) is 0 Å². The minimum atomic E-state index is -1.97. The molecule has 4 aliphatic rings. The predicted molar refractivity (Wildman–Crippen MR) is 127 cm³/mol. The number of piperidine rings is 1. The molecule has 208 valence electrons. The van der Waals surface area contributed by atoms with Gasteiger partial charge in [-0.15, -0.1) is 0 Å². The first-order valence-electron chi connectivity index (χ1n) is 12.4. The van der Waals surface area contributed by atoms with E-state index in [1.54, 1.807) is 12.1 Å². The van der Waals surface area contributed by atoms with Crippen LogP contribution in [0.3, 0.4) is 0 Å². The maximum Gasteiger partial charge on any atom is 0.333 e. The van der Waals surface area contributed by atoms with E-state index in [-0.39, 0.29) is 23.5 Å². The second-order valence-corrected chi connectivity index (χ2v) is 10.3. The average Bonchev–Trinajstić information content (AvgIpc) is 3.23. The molecule has 1 spiro atoms. The third-order valence-electron chi connectivity index (χ3n) is 8.31. The molecule has 0 aromatic heterocycles. The molecule has 39 heavy (non-hydrogen) atoms. The monoisotopic (exact) mass is 545 g/mol. The highest BCUT2D eigenvalue weighted by Gasteiger charge is 2.74. The lowest BCUT2D eigenvalue weighted by Crippen LogP contribution is -2.75. The summed E-state index contributed by atoms with van der Waals surface area (Å²) in [7, 11) is 1.86. The fourth-order valence-electron chi connectivity index (χ4n) is 6.64. The third kappa shape index (κ3) is 3.91. The molecule has 2 bridgehead atoms. The number of nitrogens with zero attached hydrogens (tertiary/aromatic N) is 1. The number of esters is 2. The van der Waals surface area contributed by atoms with Gasteiger partial charge in [0.05, 0.1) is 29.9 Å². The maximum atomic E-state index is 13.1. The summed E-state index contributed by atoms with van der Waals surface area (Å²) in [5.41, 5.74) is -0.758. The van der Waals surface area contributed by atoms with E-state index in [1.165, 1.54) is 6.08 Å². The minimum absolute atomic E-state index is 0.0189. The second kappa shape index (κ2) is 9.43. The summed E-state index contributed by atoms with van der Waals surface area (Å²) >= 11 is 0. The Kier molecular flexibility index (Phi) is 6.48. The molecule has 4 N–H and O–H groups in total. The molecule has 0 amide bonds. The number of aldehydes is 1. The fourth-order valence-corrected chi connectivity index (χ4v) is 6.64. The van der Waals surface area contributed by atoms with E-state index in [0.717, 1.165) is 5.56 Å². The smallest absolute Gasteiger partial charge is 0.333 e. The predicted octanol–water partition coefficient (Wildman–Crippen LogP) is -0.458. The molecule has 6 atom stereocenters. The molecule has 5 rings (SSSR count). The molecular weight excluding hydrogens is 518 g/mol. The summed E-state index contributed by atoms with van der Waals surface area (Å²) in [6, 6.07) is 3.01. The van der Waals surface area contributed by atoms with E-state index in [4.69, 9.17) is 24.4 Å². The van der Waals surface area contributed by atoms with Gasteiger partial charge in [0, 0.05) is 12.0 Å². The normalized spacial score (nSPS) is 29.7. The summed E-state index contributed by atoms with van der Waals surface area (Å²) in [4.78, 5) is 61.8. The van der Waals surface area contributed by atoms with Crippen LogP contribution in [0.2, 0.25) is 0 Å². The molecule has 1 saturated heterocycles. The molecule has 13 nitrogen and oxygen atoms in total. The standard InChI is InChI=1S/C26H27NO12/c1-27-7-6-25-20-12-2-3-13(11-28)21(20)38-22(25)16(37-18(31)9-14(29)23(33)34)4-5-26(25,17(27)8-12)39-19(32)10-15(30)24(35)36/h2-4,11,14-15,17,22,29-30H,5-10H2,1H3,(H,33,34)(H,35,36)/t14-,15-,17+,22?,25?,26+/m0/s1. The second-order valence-electron chi connectivity index (χ2n) is 10.3. The number of carbonyl (C=O) groups excluding carboxylic acids is 3. The van der Waals surface area contributed by atoms with Gasteiger partial charge in [-0.05, 0) is 44.1 Å². The SMILES string of the molecule is CN1CCC23c4c5ccc(C=O)c4OC2C(OC(=O)C[C@H](O)C(=O)O)=CC[C@@]3(OC(=O)C[C@H](O)C(=O)O)[C@H]1C5. The van der Waals surface area contributed by atoms with Crippen LogP contribution in [-0.2, 0) is 40.5 Å². The Hall–Kier alpha value is -3.81. The number of carboxylic acids is 2. The van der Waals surface area contributed by atoms with Crippen LogP contribution >= 0.6 is 0 Å². The van der Waals surface area contributed by atoms with E-state index < -0.39 is 72.1 Å². The Morgan fingerprint density at radius 3 is 2.44 bits per heavy atom. The highest BCUT2D eigenvalue weighted by molar-refractivity contribution is 5.84. The zero-order valence-electron chi connectivity index (χ0n) is 20.9. The van der Waals surface area contributed by atoms with E-state index in [9.17, 15) is 34.2 Å². The lowest BCUT2D eigenvalue weighted by molar-refractivity contribution is -0.208. The van der Waals surface area contributed by atoms with Crippen molar-refractivity contribution >= 4 is 30.2 Å². The minimum Gasteiger partial charge on any atom is -0.480 e. The molecule has 2 aliphatic heterocycles. The quantitative estimate of drug-likeness (QED) is 0.230. The molecule has 1 aromatic carbocycles. The molecule has 0 saturated carbocycles. The number of likely N-dealkylation sites (tertiary alicyclic amines) is 1. The fraction of sp³-hybridized carbons (Fsp3) is 0.500. The molecule has 13 heteroatoms. The van der Waals surface area contributed by atoms with Crippen LogP contribution in [-0.4, -0.2) is 99.0 Å². The average molecular weight is 545 g/mol. The number of aliphatic hydroxyl groups is 2. The Morgan fingerprint density at radius 1 is 1.13 bits per heavy atom. The van der Waals surface area contributed by atoms with Crippen LogP contribution in [0.15, 0.2) is 24.0 Å². The number of hydrogen-bond donors (Lipinski definition) is 4. The molecule has 1 fully saturated rings. The van der Waals surface area contributed by atoms with Gasteiger partial charge in [0.2, 0.25) is 0 Å². The van der Waals surface area contributed by atoms with E-state index in [2.05, 4.69) is 0 Å². The zero-order chi connectivity index (χ0) is 28.3. The van der Waals surface area contributed by atoms with Gasteiger partial charge in [0.15, 0.2) is 24.6 Å². The van der Waals surface area contributed by atoms with Crippen molar-refractivity contribution in [2.75, 3.05) is 13.6 Å². The van der Waals surface area contributed by atoms with Crippen molar-refractivity contribution < 1.29 is 58.6 Å². The van der Waals surface area contributed by atoms with Crippen LogP contribution in [0, 0.1) is 0 Å². The van der Waals surface area contributed by atoms with Crippen LogP contribution < -0.4 is 4.74 Å². The molecule has 0 radical (unpaired) electrons. The van der Waals surface area contributed by atoms with Crippen LogP contribution in [0.5, 0.6) is 5.75 Å². The summed E-state index contributed by atoms with van der Waals surface area (Å²) in [5, 5.41) is 37.5. The summed E-state index contributed by atoms with van der Waals surface area (Å²) in [6.45, 7) is 0.519. The van der Waals surface area contributed by atoms with Crippen molar-refractivity contribution in [1.29, 1.82) is 0 Å². The Labute approximate surface area is 221 Å². The van der Waals surface area contributed by atoms with E-state index >= 15 is 0 Å². The number of aliphatic carboxylic acids is 2. The van der Waals surface area contributed by atoms with Gasteiger partial charge in [-0.3, -0.25) is 19.3 Å². The van der Waals surface area contributed by atoms with Crippen molar-refractivity contribution in [3.05, 3.63) is 40.7 Å². The maximum absolute atomic E-state index is 13.1. The Balaban J connectivity index is 1.63.